The lowest BCUT2D eigenvalue weighted by molar-refractivity contribution is 0.340. The van der Waals surface area contributed by atoms with E-state index < -0.39 is 20.0 Å². The zero-order valence-electron chi connectivity index (χ0n) is 19.3. The highest BCUT2D eigenvalue weighted by Crippen LogP contribution is 2.28. The average Bonchev–Trinajstić information content (AvgIpc) is 2.74. The van der Waals surface area contributed by atoms with Gasteiger partial charge in [-0.05, 0) is 105 Å². The van der Waals surface area contributed by atoms with Crippen LogP contribution in [0.4, 0.5) is 11.4 Å². The molecule has 0 aromatic heterocycles. The van der Waals surface area contributed by atoms with Crippen molar-refractivity contribution >= 4 is 31.4 Å². The van der Waals surface area contributed by atoms with Crippen molar-refractivity contribution in [1.82, 2.24) is 0 Å². The summed E-state index contributed by atoms with van der Waals surface area (Å²) in [4.78, 5) is 0.256. The highest BCUT2D eigenvalue weighted by Gasteiger charge is 2.22. The standard InChI is InChI=1S/C24H28N2O5S2/c1-6-31-22-11-7-20(8-12-22)25-32(27,28)23-13-9-21(10-14-23)26-33(29,30)24-18(4)16(2)15-17(3)19(24)5/h7-15,25-26H,6H2,1-5H3. The van der Waals surface area contributed by atoms with Crippen LogP contribution in [-0.4, -0.2) is 23.4 Å². The van der Waals surface area contributed by atoms with Crippen LogP contribution in [0, 0.1) is 27.7 Å². The fourth-order valence-corrected chi connectivity index (χ4v) is 6.23. The van der Waals surface area contributed by atoms with Crippen LogP contribution in [-0.2, 0) is 20.0 Å². The van der Waals surface area contributed by atoms with E-state index in [4.69, 9.17) is 4.74 Å². The average molecular weight is 489 g/mol. The molecule has 0 bridgehead atoms. The molecular formula is C24H28N2O5S2. The van der Waals surface area contributed by atoms with Crippen LogP contribution in [0.1, 0.15) is 29.2 Å². The summed E-state index contributed by atoms with van der Waals surface area (Å²) in [6.07, 6.45) is 0. The monoisotopic (exact) mass is 488 g/mol. The van der Waals surface area contributed by atoms with Gasteiger partial charge < -0.3 is 4.74 Å². The van der Waals surface area contributed by atoms with Crippen molar-refractivity contribution in [3.8, 4) is 5.75 Å². The Morgan fingerprint density at radius 3 is 1.64 bits per heavy atom. The Balaban J connectivity index is 1.81. The molecule has 0 aliphatic rings. The molecule has 0 aliphatic heterocycles. The minimum Gasteiger partial charge on any atom is -0.494 e. The van der Waals surface area contributed by atoms with Crippen molar-refractivity contribution in [2.75, 3.05) is 16.1 Å². The smallest absolute Gasteiger partial charge is 0.262 e. The van der Waals surface area contributed by atoms with Crippen LogP contribution in [0.5, 0.6) is 5.75 Å². The van der Waals surface area contributed by atoms with Crippen LogP contribution in [0.2, 0.25) is 0 Å². The predicted molar refractivity (Wildman–Crippen MR) is 131 cm³/mol. The molecule has 0 saturated heterocycles. The van der Waals surface area contributed by atoms with Crippen molar-refractivity contribution in [3.05, 3.63) is 76.9 Å². The molecule has 2 N–H and O–H groups in total. The lowest BCUT2D eigenvalue weighted by atomic mass is 10.0. The van der Waals surface area contributed by atoms with Gasteiger partial charge in [0.05, 0.1) is 16.4 Å². The minimum atomic E-state index is -3.85. The molecule has 0 heterocycles. The molecular weight excluding hydrogens is 460 g/mol. The van der Waals surface area contributed by atoms with Crippen molar-refractivity contribution in [1.29, 1.82) is 0 Å². The molecule has 7 nitrogen and oxygen atoms in total. The maximum atomic E-state index is 13.1. The largest absolute Gasteiger partial charge is 0.494 e. The summed E-state index contributed by atoms with van der Waals surface area (Å²) >= 11 is 0. The van der Waals surface area contributed by atoms with Crippen molar-refractivity contribution in [2.24, 2.45) is 0 Å². The Kier molecular flexibility index (Phi) is 7.04. The number of nitrogens with one attached hydrogen (secondary N) is 2. The van der Waals surface area contributed by atoms with E-state index in [-0.39, 0.29) is 15.5 Å². The fourth-order valence-electron chi connectivity index (χ4n) is 3.49. The normalized spacial score (nSPS) is 11.8. The van der Waals surface area contributed by atoms with E-state index in [1.54, 1.807) is 38.1 Å². The quantitative estimate of drug-likeness (QED) is 0.469. The molecule has 176 valence electrons. The lowest BCUT2D eigenvalue weighted by Crippen LogP contribution is -2.17. The van der Waals surface area contributed by atoms with E-state index in [9.17, 15) is 16.8 Å². The van der Waals surface area contributed by atoms with Crippen LogP contribution in [0.3, 0.4) is 0 Å². The molecule has 0 fully saturated rings. The molecule has 3 aromatic rings. The van der Waals surface area contributed by atoms with Gasteiger partial charge in [-0.25, -0.2) is 16.8 Å². The van der Waals surface area contributed by atoms with Crippen LogP contribution in [0.25, 0.3) is 0 Å². The zero-order chi connectivity index (χ0) is 24.4. The summed E-state index contributed by atoms with van der Waals surface area (Å²) in [6.45, 7) is 9.68. The van der Waals surface area contributed by atoms with Gasteiger partial charge in [0.2, 0.25) is 0 Å². The second-order valence-electron chi connectivity index (χ2n) is 7.78. The first-order valence-corrected chi connectivity index (χ1v) is 13.4. The van der Waals surface area contributed by atoms with Gasteiger partial charge >= 0.3 is 0 Å². The van der Waals surface area contributed by atoms with E-state index in [1.807, 2.05) is 26.8 Å². The van der Waals surface area contributed by atoms with E-state index >= 15 is 0 Å². The van der Waals surface area contributed by atoms with Gasteiger partial charge in [0.25, 0.3) is 20.0 Å². The van der Waals surface area contributed by atoms with Gasteiger partial charge in [-0.2, -0.15) is 0 Å². The Labute approximate surface area is 195 Å². The van der Waals surface area contributed by atoms with Gasteiger partial charge in [-0.3, -0.25) is 9.44 Å². The van der Waals surface area contributed by atoms with Gasteiger partial charge in [0.1, 0.15) is 5.75 Å². The third-order valence-electron chi connectivity index (χ3n) is 5.40. The third kappa shape index (κ3) is 5.48. The van der Waals surface area contributed by atoms with E-state index in [0.29, 0.717) is 29.2 Å². The highest BCUT2D eigenvalue weighted by atomic mass is 32.2. The number of hydrogen-bond donors (Lipinski definition) is 2. The minimum absolute atomic E-state index is 0.0121. The molecule has 0 amide bonds. The molecule has 0 saturated carbocycles. The Bertz CT molecular complexity index is 1340. The van der Waals surface area contributed by atoms with Gasteiger partial charge in [0.15, 0.2) is 0 Å². The number of aryl methyl sites for hydroxylation is 2. The Morgan fingerprint density at radius 1 is 0.697 bits per heavy atom. The number of sulfonamides is 2. The molecule has 0 aliphatic carbocycles. The Morgan fingerprint density at radius 2 is 1.15 bits per heavy atom. The topological polar surface area (TPSA) is 102 Å². The van der Waals surface area contributed by atoms with Gasteiger partial charge in [-0.1, -0.05) is 6.07 Å². The molecule has 33 heavy (non-hydrogen) atoms. The van der Waals surface area contributed by atoms with Crippen LogP contribution < -0.4 is 14.2 Å². The van der Waals surface area contributed by atoms with Crippen LogP contribution >= 0.6 is 0 Å². The Hall–Kier alpha value is -3.04. The summed E-state index contributed by atoms with van der Waals surface area (Å²) in [5.74, 6) is 0.645. The van der Waals surface area contributed by atoms with Crippen molar-refractivity contribution in [2.45, 2.75) is 44.4 Å². The molecule has 0 unspecified atom stereocenters. The SMILES string of the molecule is CCOc1ccc(NS(=O)(=O)c2ccc(NS(=O)(=O)c3c(C)c(C)cc(C)c3C)cc2)cc1. The third-order valence-corrected chi connectivity index (χ3v) is 8.45. The molecule has 3 rings (SSSR count). The predicted octanol–water partition coefficient (Wildman–Crippen LogP) is 4.92. The van der Waals surface area contributed by atoms with E-state index in [1.165, 1.54) is 24.3 Å². The fraction of sp³-hybridized carbons (Fsp3) is 0.250. The second-order valence-corrected chi connectivity index (χ2v) is 11.1. The van der Waals surface area contributed by atoms with Gasteiger partial charge in [-0.15, -0.1) is 0 Å². The molecule has 0 spiro atoms. The molecule has 0 radical (unpaired) electrons. The summed E-state index contributed by atoms with van der Waals surface area (Å²) in [6, 6.07) is 14.1. The lowest BCUT2D eigenvalue weighted by Gasteiger charge is -2.17. The second kappa shape index (κ2) is 9.44. The highest BCUT2D eigenvalue weighted by molar-refractivity contribution is 7.93. The molecule has 0 atom stereocenters. The summed E-state index contributed by atoms with van der Waals surface area (Å²) < 4.78 is 62.0. The first-order valence-electron chi connectivity index (χ1n) is 10.4. The maximum Gasteiger partial charge on any atom is 0.262 e. The molecule has 3 aromatic carbocycles. The van der Waals surface area contributed by atoms with E-state index in [0.717, 1.165) is 11.1 Å². The van der Waals surface area contributed by atoms with Crippen molar-refractivity contribution in [3.63, 3.8) is 0 Å². The molecule has 9 heteroatoms. The number of hydrogen-bond acceptors (Lipinski definition) is 5. The van der Waals surface area contributed by atoms with Crippen molar-refractivity contribution < 1.29 is 21.6 Å². The van der Waals surface area contributed by atoms with Crippen LogP contribution in [0.15, 0.2) is 64.4 Å². The zero-order valence-corrected chi connectivity index (χ0v) is 20.9. The number of rotatable bonds is 8. The number of anilines is 2. The maximum absolute atomic E-state index is 13.1. The first kappa shape index (κ1) is 24.6. The number of ether oxygens (including phenoxy) is 1. The summed E-state index contributed by atoms with van der Waals surface area (Å²) in [5.41, 5.74) is 3.81. The summed E-state index contributed by atoms with van der Waals surface area (Å²) in [5, 5.41) is 0. The summed E-state index contributed by atoms with van der Waals surface area (Å²) in [7, 11) is -7.70. The van der Waals surface area contributed by atoms with Gasteiger partial charge in [0, 0.05) is 11.4 Å². The number of benzene rings is 3. The first-order chi connectivity index (χ1) is 15.4. The van der Waals surface area contributed by atoms with E-state index in [2.05, 4.69) is 9.44 Å².